The number of aromatic amines is 2. The second-order valence-electron chi connectivity index (χ2n) is 18.1. The number of nitrogens with one attached hydrogen (secondary N) is 4. The first kappa shape index (κ1) is 45.4. The number of carbonyl (C=O) groups is 3. The number of hydrogen-bond acceptors (Lipinski definition) is 11. The van der Waals surface area contributed by atoms with Gasteiger partial charge < -0.3 is 54.1 Å². The third kappa shape index (κ3) is 8.60. The lowest BCUT2D eigenvalue weighted by molar-refractivity contribution is -0.145. The second kappa shape index (κ2) is 18.5. The summed E-state index contributed by atoms with van der Waals surface area (Å²) in [4.78, 5) is 59.5. The van der Waals surface area contributed by atoms with Gasteiger partial charge in [-0.15, -0.1) is 0 Å². The number of rotatable bonds is 13. The number of carbonyl (C=O) groups excluding carboxylic acids is 3. The number of nitrogens with zero attached hydrogens (tertiary/aromatic N) is 5. The Morgan fingerprint density at radius 2 is 1.48 bits per heavy atom. The van der Waals surface area contributed by atoms with Gasteiger partial charge in [0.25, 0.3) is 0 Å². The van der Waals surface area contributed by atoms with Crippen LogP contribution < -0.4 is 15.4 Å². The molecular weight excluding hydrogens is 862 g/mol. The normalized spacial score (nSPS) is 19.3. The lowest BCUT2D eigenvalue weighted by atomic mass is 10.0. The van der Waals surface area contributed by atoms with E-state index in [1.165, 1.54) is 20.3 Å². The highest BCUT2D eigenvalue weighted by Gasteiger charge is 2.40. The van der Waals surface area contributed by atoms with Crippen LogP contribution in [0.2, 0.25) is 0 Å². The number of alkyl carbamates (subject to hydrolysis) is 1. The van der Waals surface area contributed by atoms with E-state index in [-0.39, 0.29) is 47.0 Å². The molecule has 6 aromatic rings. The molecule has 0 bridgehead atoms. The van der Waals surface area contributed by atoms with Gasteiger partial charge in [0.1, 0.15) is 35.0 Å². The molecule has 352 valence electrons. The quantitative estimate of drug-likeness (QED) is 0.0643. The van der Waals surface area contributed by atoms with Crippen LogP contribution in [-0.4, -0.2) is 108 Å². The lowest BCUT2D eigenvalue weighted by Gasteiger charge is -2.31. The standard InChI is InChI=1S/C49H56FN9O8/c1-25(2)41(55-48(63)65-5)45(61)57-16-8-12-36(57)43-51-23-33(53-43)27-14-15-35-30(18-27)21-38-40-32(50)20-29(22-39(40)67-47(59(35)38)28-10-7-11-31(60)19-28)34-24-52-44(54-34)37-13-9-17-58(37)46(62)42(26(3)4)56-49(64)66-6/h7,10-11,14-15,18-26,36-37,41-42,47,49,56,60,64H,8-9,12-13,16-17H2,1-6H3,(H,51,53)(H,52,54)(H,55,63). The van der Waals surface area contributed by atoms with Crippen molar-refractivity contribution in [2.45, 2.75) is 90.2 Å². The number of aliphatic hydroxyl groups excluding tert-OH is 1. The number of aromatic hydroxyl groups is 1. The van der Waals surface area contributed by atoms with Gasteiger partial charge in [0, 0.05) is 42.3 Å². The molecule has 3 aliphatic rings. The van der Waals surface area contributed by atoms with Crippen molar-refractivity contribution in [2.24, 2.45) is 11.8 Å². The van der Waals surface area contributed by atoms with E-state index in [2.05, 4.69) is 25.6 Å². The number of methoxy groups -OCH3 is 2. The molecule has 9 rings (SSSR count). The molecule has 2 fully saturated rings. The Hall–Kier alpha value is -6.76. The van der Waals surface area contributed by atoms with E-state index in [1.807, 2.05) is 62.6 Å². The summed E-state index contributed by atoms with van der Waals surface area (Å²) in [6.45, 7) is 8.59. The van der Waals surface area contributed by atoms with Crippen LogP contribution >= 0.6 is 0 Å². The van der Waals surface area contributed by atoms with Crippen LogP contribution in [0.5, 0.6) is 11.5 Å². The van der Waals surface area contributed by atoms with Crippen molar-refractivity contribution in [3.63, 3.8) is 0 Å². The molecule has 3 amide bonds. The fraction of sp³-hybridized carbons (Fsp3) is 0.408. The fourth-order valence-electron chi connectivity index (χ4n) is 9.76. The van der Waals surface area contributed by atoms with Gasteiger partial charge in [0.05, 0.1) is 65.8 Å². The third-order valence-electron chi connectivity index (χ3n) is 13.2. The minimum absolute atomic E-state index is 0.0546. The van der Waals surface area contributed by atoms with E-state index in [0.29, 0.717) is 65.8 Å². The number of aliphatic hydroxyl groups is 1. The number of ether oxygens (including phenoxy) is 3. The van der Waals surface area contributed by atoms with Crippen molar-refractivity contribution in [3.8, 4) is 45.3 Å². The monoisotopic (exact) mass is 917 g/mol. The van der Waals surface area contributed by atoms with Crippen molar-refractivity contribution >= 4 is 28.8 Å². The Morgan fingerprint density at radius 1 is 0.836 bits per heavy atom. The van der Waals surface area contributed by atoms with Crippen molar-refractivity contribution in [1.82, 2.24) is 44.9 Å². The number of phenolic OH excluding ortho intramolecular Hbond substituents is 1. The largest absolute Gasteiger partial charge is 0.508 e. The fourth-order valence-corrected chi connectivity index (χ4v) is 9.76. The van der Waals surface area contributed by atoms with Crippen LogP contribution in [0.15, 0.2) is 73.1 Å². The number of H-pyrrole nitrogens is 2. The van der Waals surface area contributed by atoms with Crippen molar-refractivity contribution < 1.29 is 43.2 Å². The minimum Gasteiger partial charge on any atom is -0.508 e. The molecule has 0 saturated carbocycles. The Balaban J connectivity index is 1.03. The molecule has 67 heavy (non-hydrogen) atoms. The molecule has 17 nitrogen and oxygen atoms in total. The number of amides is 3. The zero-order valence-corrected chi connectivity index (χ0v) is 38.2. The number of aromatic nitrogens is 5. The van der Waals surface area contributed by atoms with E-state index >= 15 is 4.39 Å². The molecule has 6 atom stereocenters. The first-order valence-electron chi connectivity index (χ1n) is 22.7. The maximum Gasteiger partial charge on any atom is 0.407 e. The van der Waals surface area contributed by atoms with Crippen LogP contribution in [0.3, 0.4) is 0 Å². The van der Waals surface area contributed by atoms with E-state index in [9.17, 15) is 24.6 Å². The lowest BCUT2D eigenvalue weighted by Crippen LogP contribution is -2.52. The first-order valence-corrected chi connectivity index (χ1v) is 22.7. The summed E-state index contributed by atoms with van der Waals surface area (Å²) in [5.74, 6) is 0.370. The molecule has 0 aliphatic carbocycles. The molecule has 6 N–H and O–H groups in total. The van der Waals surface area contributed by atoms with Crippen LogP contribution in [0.25, 0.3) is 44.7 Å². The zero-order chi connectivity index (χ0) is 47.3. The molecule has 18 heteroatoms. The van der Waals surface area contributed by atoms with Gasteiger partial charge >= 0.3 is 6.09 Å². The highest BCUT2D eigenvalue weighted by atomic mass is 19.1. The molecule has 6 unspecified atom stereocenters. The van der Waals surface area contributed by atoms with E-state index in [1.54, 1.807) is 46.5 Å². The SMILES string of the molecule is COC(=O)NC(C(=O)N1CCCC1c1ncc(-c2ccc3c(c2)cc2n3C(c3cccc(O)c3)Oc3cc(-c4cnc(C5CCCN5C(=O)C(NC(O)OC)C(C)C)[nH]4)cc(F)c3-2)[nH]1)C(C)C. The van der Waals surface area contributed by atoms with Gasteiger partial charge in [-0.1, -0.05) is 45.9 Å². The molecule has 2 saturated heterocycles. The predicted octanol–water partition coefficient (Wildman–Crippen LogP) is 7.12. The molecule has 3 aromatic heterocycles. The maximum atomic E-state index is 16.8. The predicted molar refractivity (Wildman–Crippen MR) is 246 cm³/mol. The van der Waals surface area contributed by atoms with Crippen molar-refractivity contribution in [1.29, 1.82) is 0 Å². The Bertz CT molecular complexity index is 2820. The smallest absolute Gasteiger partial charge is 0.407 e. The number of halogens is 1. The summed E-state index contributed by atoms with van der Waals surface area (Å²) >= 11 is 0. The molecular formula is C49H56FN9O8. The van der Waals surface area contributed by atoms with Gasteiger partial charge in [-0.25, -0.2) is 19.2 Å². The summed E-state index contributed by atoms with van der Waals surface area (Å²) in [6, 6.07) is 15.7. The molecule has 0 spiro atoms. The van der Waals surface area contributed by atoms with Gasteiger partial charge in [0.15, 0.2) is 0 Å². The summed E-state index contributed by atoms with van der Waals surface area (Å²) in [6.07, 6.45) is 3.56. The molecule has 3 aromatic carbocycles. The Kier molecular flexibility index (Phi) is 12.5. The maximum absolute atomic E-state index is 16.8. The van der Waals surface area contributed by atoms with E-state index in [4.69, 9.17) is 19.2 Å². The van der Waals surface area contributed by atoms with Crippen LogP contribution in [0.1, 0.15) is 88.9 Å². The van der Waals surface area contributed by atoms with Gasteiger partial charge in [0.2, 0.25) is 24.5 Å². The highest BCUT2D eigenvalue weighted by molar-refractivity contribution is 5.93. The number of benzene rings is 3. The van der Waals surface area contributed by atoms with Gasteiger partial charge in [-0.3, -0.25) is 14.9 Å². The first-order chi connectivity index (χ1) is 32.2. The third-order valence-corrected chi connectivity index (χ3v) is 13.2. The summed E-state index contributed by atoms with van der Waals surface area (Å²) in [7, 11) is 2.62. The number of imidazole rings is 2. The molecule has 6 heterocycles. The van der Waals surface area contributed by atoms with Gasteiger partial charge in [-0.05, 0) is 80.0 Å². The van der Waals surface area contributed by atoms with Gasteiger partial charge in [-0.2, -0.15) is 0 Å². The Morgan fingerprint density at radius 3 is 2.09 bits per heavy atom. The number of fused-ring (bicyclic) bond motifs is 5. The average Bonchev–Trinajstić information content (AvgIpc) is 4.17. The summed E-state index contributed by atoms with van der Waals surface area (Å²) in [5.41, 5.74) is 4.86. The Labute approximate surface area is 386 Å². The molecule has 3 aliphatic heterocycles. The van der Waals surface area contributed by atoms with Crippen LogP contribution in [0, 0.1) is 17.7 Å². The van der Waals surface area contributed by atoms with Crippen LogP contribution in [0.4, 0.5) is 9.18 Å². The minimum atomic E-state index is -1.30. The van der Waals surface area contributed by atoms with Crippen molar-refractivity contribution in [2.75, 3.05) is 27.3 Å². The molecule has 0 radical (unpaired) electrons. The van der Waals surface area contributed by atoms with Crippen molar-refractivity contribution in [3.05, 3.63) is 96.1 Å². The van der Waals surface area contributed by atoms with E-state index in [0.717, 1.165) is 35.0 Å². The average molecular weight is 918 g/mol. The highest BCUT2D eigenvalue weighted by Crippen LogP contribution is 2.48. The zero-order valence-electron chi connectivity index (χ0n) is 38.2. The number of hydrogen-bond donors (Lipinski definition) is 6. The topological polar surface area (TPSA) is 212 Å². The second-order valence-corrected chi connectivity index (χ2v) is 18.1. The summed E-state index contributed by atoms with van der Waals surface area (Å²) < 4.78 is 35.2. The van der Waals surface area contributed by atoms with E-state index < -0.39 is 36.6 Å². The van der Waals surface area contributed by atoms with Crippen LogP contribution in [-0.2, 0) is 19.1 Å². The summed E-state index contributed by atoms with van der Waals surface area (Å²) in [5, 5.41) is 27.1. The number of phenols is 1. The number of likely N-dealkylation sites (tertiary alicyclic amines) is 2.